The smallest absolute Gasteiger partial charge is 0.317 e. The molecule has 166 valence electrons. The molecule has 0 aliphatic heterocycles. The number of methoxy groups -OCH3 is 3. The van der Waals surface area contributed by atoms with Gasteiger partial charge in [0.15, 0.2) is 18.1 Å². The van der Waals surface area contributed by atoms with E-state index in [1.54, 1.807) is 24.3 Å². The first-order valence-corrected chi connectivity index (χ1v) is 9.92. The molecule has 2 aromatic rings. The zero-order valence-electron chi connectivity index (χ0n) is 17.8. The van der Waals surface area contributed by atoms with Crippen LogP contribution in [0.15, 0.2) is 36.4 Å². The highest BCUT2D eigenvalue weighted by Crippen LogP contribution is 2.44. The Hall–Kier alpha value is -3.29. The second-order valence-electron chi connectivity index (χ2n) is 7.31. The molecule has 1 aliphatic carbocycles. The molecule has 2 aromatic carbocycles. The van der Waals surface area contributed by atoms with Crippen LogP contribution in [0.3, 0.4) is 0 Å². The lowest BCUT2D eigenvalue weighted by Gasteiger charge is -2.39. The summed E-state index contributed by atoms with van der Waals surface area (Å²) >= 11 is 0. The van der Waals surface area contributed by atoms with Crippen molar-refractivity contribution in [2.24, 2.45) is 0 Å². The summed E-state index contributed by atoms with van der Waals surface area (Å²) in [6, 6.07) is 9.22. The third kappa shape index (κ3) is 4.73. The number of halogens is 1. The average molecular weight is 431 g/mol. The first-order valence-electron chi connectivity index (χ1n) is 9.92. The average Bonchev–Trinajstić information content (AvgIpc) is 2.76. The fraction of sp³-hybridized carbons (Fsp3) is 0.391. The van der Waals surface area contributed by atoms with Crippen LogP contribution in [0.1, 0.15) is 30.4 Å². The van der Waals surface area contributed by atoms with Crippen LogP contribution in [0.5, 0.6) is 17.2 Å². The van der Waals surface area contributed by atoms with Crippen LogP contribution in [-0.4, -0.2) is 39.8 Å². The summed E-state index contributed by atoms with van der Waals surface area (Å²) in [4.78, 5) is 25.0. The van der Waals surface area contributed by atoms with Crippen LogP contribution in [0, 0.1) is 5.82 Å². The van der Waals surface area contributed by atoms with E-state index < -0.39 is 23.9 Å². The topological polar surface area (TPSA) is 83.1 Å². The van der Waals surface area contributed by atoms with Crippen LogP contribution in [0.25, 0.3) is 0 Å². The van der Waals surface area contributed by atoms with Gasteiger partial charge in [-0.15, -0.1) is 0 Å². The molecule has 1 saturated carbocycles. The lowest BCUT2D eigenvalue weighted by Crippen LogP contribution is -2.44. The lowest BCUT2D eigenvalue weighted by atomic mass is 9.64. The van der Waals surface area contributed by atoms with Crippen molar-refractivity contribution in [3.8, 4) is 17.2 Å². The summed E-state index contributed by atoms with van der Waals surface area (Å²) in [5.74, 6) is 0.263. The number of nitrogens with one attached hydrogen (secondary N) is 1. The highest BCUT2D eigenvalue weighted by Gasteiger charge is 2.47. The number of carbonyl (C=O) groups excluding carboxylic acids is 2. The zero-order chi connectivity index (χ0) is 22.4. The highest BCUT2D eigenvalue weighted by molar-refractivity contribution is 5.87. The molecule has 0 spiro atoms. The molecule has 7 nitrogen and oxygen atoms in total. The Morgan fingerprint density at radius 3 is 2.13 bits per heavy atom. The Morgan fingerprint density at radius 2 is 1.58 bits per heavy atom. The van der Waals surface area contributed by atoms with Gasteiger partial charge >= 0.3 is 5.97 Å². The third-order valence-corrected chi connectivity index (χ3v) is 5.59. The van der Waals surface area contributed by atoms with Gasteiger partial charge in [0.25, 0.3) is 5.91 Å². The van der Waals surface area contributed by atoms with Gasteiger partial charge < -0.3 is 24.3 Å². The van der Waals surface area contributed by atoms with E-state index in [0.29, 0.717) is 41.2 Å². The predicted octanol–water partition coefficient (Wildman–Crippen LogP) is 3.13. The zero-order valence-corrected chi connectivity index (χ0v) is 17.8. The largest absolute Gasteiger partial charge is 0.496 e. The van der Waals surface area contributed by atoms with Gasteiger partial charge in [0.05, 0.1) is 26.7 Å². The second kappa shape index (κ2) is 9.68. The van der Waals surface area contributed by atoms with Crippen LogP contribution < -0.4 is 19.5 Å². The quantitative estimate of drug-likeness (QED) is 0.615. The standard InChI is InChI=1S/C23H26FNO6/c1-28-18-12-20(30-3)19(29-2)11-15(18)13-25-21(26)14-31-22(27)23(9-4-10-23)16-5-7-17(24)8-6-16/h5-8,11-12H,4,9-10,13-14H2,1-3H3,(H,25,26). The molecular weight excluding hydrogens is 405 g/mol. The fourth-order valence-electron chi connectivity index (χ4n) is 3.65. The molecule has 1 fully saturated rings. The van der Waals surface area contributed by atoms with Crippen molar-refractivity contribution in [3.63, 3.8) is 0 Å². The molecule has 0 unspecified atom stereocenters. The van der Waals surface area contributed by atoms with Gasteiger partial charge in [-0.25, -0.2) is 4.39 Å². The second-order valence-corrected chi connectivity index (χ2v) is 7.31. The third-order valence-electron chi connectivity index (χ3n) is 5.59. The maximum absolute atomic E-state index is 13.2. The molecule has 0 bridgehead atoms. The van der Waals surface area contributed by atoms with Gasteiger partial charge in [-0.05, 0) is 36.6 Å². The fourth-order valence-corrected chi connectivity index (χ4v) is 3.65. The number of rotatable bonds is 9. The van der Waals surface area contributed by atoms with Crippen molar-refractivity contribution in [3.05, 3.63) is 53.3 Å². The van der Waals surface area contributed by atoms with E-state index in [1.807, 2.05) is 0 Å². The Bertz CT molecular complexity index is 940. The van der Waals surface area contributed by atoms with Crippen molar-refractivity contribution < 1.29 is 32.9 Å². The molecule has 0 saturated heterocycles. The number of hydrogen-bond acceptors (Lipinski definition) is 6. The van der Waals surface area contributed by atoms with Crippen molar-refractivity contribution in [1.82, 2.24) is 5.32 Å². The van der Waals surface area contributed by atoms with Gasteiger partial charge in [0.2, 0.25) is 0 Å². The Kier molecular flexibility index (Phi) is 6.99. The number of amides is 1. The number of ether oxygens (including phenoxy) is 4. The normalized spacial score (nSPS) is 14.2. The van der Waals surface area contributed by atoms with E-state index in [1.165, 1.54) is 33.5 Å². The first-order chi connectivity index (χ1) is 14.9. The van der Waals surface area contributed by atoms with Gasteiger partial charge in [0, 0.05) is 18.2 Å². The minimum Gasteiger partial charge on any atom is -0.496 e. The highest BCUT2D eigenvalue weighted by atomic mass is 19.1. The minimum atomic E-state index is -0.805. The summed E-state index contributed by atoms with van der Waals surface area (Å²) < 4.78 is 34.4. The Morgan fingerprint density at radius 1 is 0.968 bits per heavy atom. The van der Waals surface area contributed by atoms with Gasteiger partial charge in [-0.2, -0.15) is 0 Å². The van der Waals surface area contributed by atoms with E-state index in [2.05, 4.69) is 5.32 Å². The maximum Gasteiger partial charge on any atom is 0.317 e. The number of hydrogen-bond donors (Lipinski definition) is 1. The molecule has 0 radical (unpaired) electrons. The van der Waals surface area contributed by atoms with Crippen molar-refractivity contribution >= 4 is 11.9 Å². The predicted molar refractivity (Wildman–Crippen MR) is 111 cm³/mol. The molecule has 8 heteroatoms. The van der Waals surface area contributed by atoms with Crippen molar-refractivity contribution in [2.45, 2.75) is 31.2 Å². The van der Waals surface area contributed by atoms with Gasteiger partial charge in [-0.1, -0.05) is 18.6 Å². The molecule has 1 aliphatic rings. The van der Waals surface area contributed by atoms with Crippen LogP contribution in [0.2, 0.25) is 0 Å². The minimum absolute atomic E-state index is 0.156. The van der Waals surface area contributed by atoms with Gasteiger partial charge in [-0.3, -0.25) is 9.59 Å². The number of benzene rings is 2. The Balaban J connectivity index is 1.59. The summed E-state index contributed by atoms with van der Waals surface area (Å²) in [6.45, 7) is -0.250. The van der Waals surface area contributed by atoms with Gasteiger partial charge in [0.1, 0.15) is 11.6 Å². The Labute approximate surface area is 180 Å². The number of esters is 1. The maximum atomic E-state index is 13.2. The molecule has 3 rings (SSSR count). The summed E-state index contributed by atoms with van der Waals surface area (Å²) in [6.07, 6.45) is 2.10. The van der Waals surface area contributed by atoms with E-state index in [0.717, 1.165) is 6.42 Å². The van der Waals surface area contributed by atoms with E-state index >= 15 is 0 Å². The van der Waals surface area contributed by atoms with E-state index in [-0.39, 0.29) is 12.4 Å². The summed E-state index contributed by atoms with van der Waals surface area (Å²) in [5, 5.41) is 2.71. The monoisotopic (exact) mass is 431 g/mol. The first kappa shape index (κ1) is 22.4. The van der Waals surface area contributed by atoms with Crippen LogP contribution in [0.4, 0.5) is 4.39 Å². The summed E-state index contributed by atoms with van der Waals surface area (Å²) in [7, 11) is 4.55. The molecule has 1 N–H and O–H groups in total. The lowest BCUT2D eigenvalue weighted by molar-refractivity contribution is -0.157. The van der Waals surface area contributed by atoms with Crippen molar-refractivity contribution in [2.75, 3.05) is 27.9 Å². The van der Waals surface area contributed by atoms with E-state index in [9.17, 15) is 14.0 Å². The van der Waals surface area contributed by atoms with E-state index in [4.69, 9.17) is 18.9 Å². The summed E-state index contributed by atoms with van der Waals surface area (Å²) in [5.41, 5.74) is 0.586. The van der Waals surface area contributed by atoms with Crippen molar-refractivity contribution in [1.29, 1.82) is 0 Å². The SMILES string of the molecule is COc1cc(OC)c(OC)cc1CNC(=O)COC(=O)C1(c2ccc(F)cc2)CCC1. The molecule has 0 aromatic heterocycles. The number of carbonyl (C=O) groups is 2. The van der Waals surface area contributed by atoms with Crippen LogP contribution >= 0.6 is 0 Å². The molecular formula is C23H26FNO6. The molecule has 1 amide bonds. The van der Waals surface area contributed by atoms with Crippen LogP contribution in [-0.2, 0) is 26.3 Å². The molecule has 0 heterocycles. The molecule has 0 atom stereocenters. The molecule has 31 heavy (non-hydrogen) atoms.